The van der Waals surface area contributed by atoms with Crippen LogP contribution in [0.25, 0.3) is 0 Å². The van der Waals surface area contributed by atoms with Crippen LogP contribution in [0.5, 0.6) is 0 Å². The molecule has 0 spiro atoms. The minimum Gasteiger partial charge on any atom is -0.353 e. The summed E-state index contributed by atoms with van der Waals surface area (Å²) < 4.78 is 0. The Morgan fingerprint density at radius 1 is 1.35 bits per heavy atom. The summed E-state index contributed by atoms with van der Waals surface area (Å²) in [6.07, 6.45) is 2.20. The Labute approximate surface area is 108 Å². The van der Waals surface area contributed by atoms with Crippen LogP contribution >= 0.6 is 11.6 Å². The van der Waals surface area contributed by atoms with E-state index in [1.165, 1.54) is 5.56 Å². The Morgan fingerprint density at radius 2 is 2.00 bits per heavy atom. The van der Waals surface area contributed by atoms with Crippen molar-refractivity contribution >= 4 is 17.5 Å². The second kappa shape index (κ2) is 7.33. The molecule has 0 radical (unpaired) electrons. The van der Waals surface area contributed by atoms with Gasteiger partial charge in [-0.25, -0.2) is 0 Å². The van der Waals surface area contributed by atoms with Gasteiger partial charge in [-0.1, -0.05) is 36.8 Å². The topological polar surface area (TPSA) is 29.1 Å². The highest BCUT2D eigenvalue weighted by molar-refractivity contribution is 6.17. The van der Waals surface area contributed by atoms with E-state index in [1.807, 2.05) is 31.2 Å². The highest BCUT2D eigenvalue weighted by Crippen LogP contribution is 2.05. The lowest BCUT2D eigenvalue weighted by molar-refractivity contribution is -0.121. The molecular weight excluding hydrogens is 234 g/mol. The number of alkyl halides is 1. The van der Waals surface area contributed by atoms with E-state index < -0.39 is 0 Å². The molecular formula is C14H20ClNO. The number of benzene rings is 1. The summed E-state index contributed by atoms with van der Waals surface area (Å²) in [5.41, 5.74) is 2.26. The minimum atomic E-state index is 0.0748. The van der Waals surface area contributed by atoms with Gasteiger partial charge in [-0.2, -0.15) is 0 Å². The smallest absolute Gasteiger partial charge is 0.224 e. The Bertz CT molecular complexity index is 348. The quantitative estimate of drug-likeness (QED) is 0.776. The van der Waals surface area contributed by atoms with Gasteiger partial charge in [0.1, 0.15) is 0 Å². The molecule has 0 aromatic heterocycles. The molecule has 0 fully saturated rings. The predicted molar refractivity (Wildman–Crippen MR) is 72.4 cm³/mol. The van der Waals surface area contributed by atoms with Crippen LogP contribution in [0.4, 0.5) is 0 Å². The number of aryl methyl sites for hydroxylation is 1. The molecule has 1 atom stereocenters. The van der Waals surface area contributed by atoms with Crippen LogP contribution in [-0.4, -0.2) is 17.8 Å². The molecule has 1 rings (SSSR count). The van der Waals surface area contributed by atoms with Crippen molar-refractivity contribution in [3.8, 4) is 0 Å². The first kappa shape index (κ1) is 14.0. The Hall–Kier alpha value is -1.02. The fourth-order valence-corrected chi connectivity index (χ4v) is 1.94. The van der Waals surface area contributed by atoms with Crippen molar-refractivity contribution in [1.82, 2.24) is 5.32 Å². The van der Waals surface area contributed by atoms with Gasteiger partial charge in [0.15, 0.2) is 0 Å². The molecule has 0 saturated carbocycles. The highest BCUT2D eigenvalue weighted by atomic mass is 35.5. The molecule has 0 aliphatic carbocycles. The number of amides is 1. The molecule has 0 aliphatic rings. The average molecular weight is 254 g/mol. The Balaban J connectivity index is 2.46. The summed E-state index contributed by atoms with van der Waals surface area (Å²) in [6.45, 7) is 4.10. The fraction of sp³-hybridized carbons (Fsp3) is 0.500. The van der Waals surface area contributed by atoms with E-state index in [2.05, 4.69) is 12.2 Å². The summed E-state index contributed by atoms with van der Waals surface area (Å²) in [7, 11) is 0. The second-order valence-electron chi connectivity index (χ2n) is 4.31. The molecule has 1 aromatic rings. The van der Waals surface area contributed by atoms with Crippen LogP contribution in [-0.2, 0) is 11.2 Å². The van der Waals surface area contributed by atoms with E-state index in [9.17, 15) is 4.79 Å². The van der Waals surface area contributed by atoms with E-state index in [4.69, 9.17) is 11.6 Å². The zero-order valence-corrected chi connectivity index (χ0v) is 11.3. The number of rotatable bonds is 6. The maximum atomic E-state index is 11.8. The van der Waals surface area contributed by atoms with Crippen molar-refractivity contribution in [2.24, 2.45) is 0 Å². The highest BCUT2D eigenvalue weighted by Gasteiger charge is 2.10. The van der Waals surface area contributed by atoms with Crippen LogP contribution in [0.2, 0.25) is 0 Å². The lowest BCUT2D eigenvalue weighted by Crippen LogP contribution is -2.35. The SMILES string of the molecule is CCC(CCCl)NC(=O)Cc1ccc(C)cc1. The van der Waals surface area contributed by atoms with Crippen molar-refractivity contribution in [2.75, 3.05) is 5.88 Å². The summed E-state index contributed by atoms with van der Waals surface area (Å²) in [5.74, 6) is 0.661. The molecule has 1 aromatic carbocycles. The van der Waals surface area contributed by atoms with Crippen LogP contribution in [0, 0.1) is 6.92 Å². The van der Waals surface area contributed by atoms with Gasteiger partial charge in [0, 0.05) is 11.9 Å². The van der Waals surface area contributed by atoms with Gasteiger partial charge in [-0.05, 0) is 25.3 Å². The van der Waals surface area contributed by atoms with E-state index in [0.717, 1.165) is 18.4 Å². The van der Waals surface area contributed by atoms with E-state index in [1.54, 1.807) is 0 Å². The molecule has 1 N–H and O–H groups in total. The lowest BCUT2D eigenvalue weighted by atomic mass is 10.1. The monoisotopic (exact) mass is 253 g/mol. The van der Waals surface area contributed by atoms with Gasteiger partial charge in [-0.3, -0.25) is 4.79 Å². The van der Waals surface area contributed by atoms with Gasteiger partial charge in [0.25, 0.3) is 0 Å². The number of hydrogen-bond acceptors (Lipinski definition) is 1. The summed E-state index contributed by atoms with van der Waals surface area (Å²) in [6, 6.07) is 8.25. The summed E-state index contributed by atoms with van der Waals surface area (Å²) >= 11 is 5.68. The van der Waals surface area contributed by atoms with Gasteiger partial charge in [0.2, 0.25) is 5.91 Å². The lowest BCUT2D eigenvalue weighted by Gasteiger charge is -2.15. The molecule has 1 unspecified atom stereocenters. The second-order valence-corrected chi connectivity index (χ2v) is 4.69. The first-order valence-electron chi connectivity index (χ1n) is 6.06. The first-order valence-corrected chi connectivity index (χ1v) is 6.60. The normalized spacial score (nSPS) is 12.2. The first-order chi connectivity index (χ1) is 8.15. The number of carbonyl (C=O) groups is 1. The predicted octanol–water partition coefficient (Wildman–Crippen LogP) is 3.06. The van der Waals surface area contributed by atoms with Crippen molar-refractivity contribution in [3.05, 3.63) is 35.4 Å². The largest absolute Gasteiger partial charge is 0.353 e. The molecule has 0 bridgehead atoms. The maximum Gasteiger partial charge on any atom is 0.224 e. The van der Waals surface area contributed by atoms with E-state index >= 15 is 0 Å². The molecule has 0 aliphatic heterocycles. The number of hydrogen-bond donors (Lipinski definition) is 1. The van der Waals surface area contributed by atoms with Crippen molar-refractivity contribution < 1.29 is 4.79 Å². The van der Waals surface area contributed by atoms with Crippen molar-refractivity contribution in [2.45, 2.75) is 39.2 Å². The molecule has 1 amide bonds. The number of nitrogens with one attached hydrogen (secondary N) is 1. The van der Waals surface area contributed by atoms with Crippen molar-refractivity contribution in [1.29, 1.82) is 0 Å². The van der Waals surface area contributed by atoms with Crippen LogP contribution in [0.3, 0.4) is 0 Å². The zero-order valence-electron chi connectivity index (χ0n) is 10.5. The van der Waals surface area contributed by atoms with Gasteiger partial charge < -0.3 is 5.32 Å². The van der Waals surface area contributed by atoms with Crippen LogP contribution in [0.1, 0.15) is 30.9 Å². The van der Waals surface area contributed by atoms with Crippen LogP contribution in [0.15, 0.2) is 24.3 Å². The zero-order chi connectivity index (χ0) is 12.7. The van der Waals surface area contributed by atoms with Gasteiger partial charge >= 0.3 is 0 Å². The maximum absolute atomic E-state index is 11.8. The van der Waals surface area contributed by atoms with Gasteiger partial charge in [-0.15, -0.1) is 11.6 Å². The molecule has 0 saturated heterocycles. The fourth-order valence-electron chi connectivity index (χ4n) is 1.68. The van der Waals surface area contributed by atoms with Gasteiger partial charge in [0.05, 0.1) is 6.42 Å². The molecule has 3 heteroatoms. The average Bonchev–Trinajstić information content (AvgIpc) is 2.31. The Morgan fingerprint density at radius 3 is 2.53 bits per heavy atom. The van der Waals surface area contributed by atoms with Crippen molar-refractivity contribution in [3.63, 3.8) is 0 Å². The number of carbonyl (C=O) groups excluding carboxylic acids is 1. The number of halogens is 1. The van der Waals surface area contributed by atoms with E-state index in [-0.39, 0.29) is 11.9 Å². The summed E-state index contributed by atoms with van der Waals surface area (Å²) in [4.78, 5) is 11.8. The molecule has 94 valence electrons. The van der Waals surface area contributed by atoms with Crippen LogP contribution < -0.4 is 5.32 Å². The Kier molecular flexibility index (Phi) is 6.06. The molecule has 2 nitrogen and oxygen atoms in total. The third kappa shape index (κ3) is 5.22. The third-order valence-corrected chi connectivity index (χ3v) is 3.02. The third-order valence-electron chi connectivity index (χ3n) is 2.80. The summed E-state index contributed by atoms with van der Waals surface area (Å²) in [5, 5.41) is 3.01. The minimum absolute atomic E-state index is 0.0748. The molecule has 0 heterocycles. The van der Waals surface area contributed by atoms with E-state index in [0.29, 0.717) is 12.3 Å². The molecule has 17 heavy (non-hydrogen) atoms. The standard InChI is InChI=1S/C14H20ClNO/c1-3-13(8-9-15)16-14(17)10-12-6-4-11(2)5-7-12/h4-7,13H,3,8-10H2,1-2H3,(H,16,17).